The first kappa shape index (κ1) is 12.0. The first-order valence-electron chi connectivity index (χ1n) is 4.89. The molecule has 2 heterocycles. The minimum absolute atomic E-state index is 0.0406. The van der Waals surface area contributed by atoms with Crippen LogP contribution in [-0.4, -0.2) is 40.3 Å². The Morgan fingerprint density at radius 1 is 1.71 bits per heavy atom. The third-order valence-corrected chi connectivity index (χ3v) is 2.51. The van der Waals surface area contributed by atoms with E-state index in [1.807, 2.05) is 0 Å². The highest BCUT2D eigenvalue weighted by atomic mass is 19.1. The number of nitrogens with two attached hydrogens (primary N) is 1. The average Bonchev–Trinajstić information content (AvgIpc) is 2.57. The molecular formula is C9H12FN3O4. The molecule has 0 radical (unpaired) electrons. The Labute approximate surface area is 95.6 Å². The molecule has 17 heavy (non-hydrogen) atoms. The van der Waals surface area contributed by atoms with Crippen LogP contribution >= 0.6 is 0 Å². The number of anilines is 1. The second-order valence-corrected chi connectivity index (χ2v) is 3.61. The van der Waals surface area contributed by atoms with Crippen molar-refractivity contribution in [3.05, 3.63) is 22.7 Å². The van der Waals surface area contributed by atoms with Crippen LogP contribution in [0.15, 0.2) is 17.1 Å². The molecule has 0 aliphatic carbocycles. The second-order valence-electron chi connectivity index (χ2n) is 3.61. The molecule has 1 fully saturated rings. The lowest BCUT2D eigenvalue weighted by molar-refractivity contribution is -0.152. The molecule has 2 rings (SSSR count). The Morgan fingerprint density at radius 3 is 2.94 bits per heavy atom. The number of aliphatic hydroxyl groups excluding tert-OH is 1. The van der Waals surface area contributed by atoms with Gasteiger partial charge in [0, 0.05) is 13.3 Å². The van der Waals surface area contributed by atoms with Crippen molar-refractivity contribution < 1.29 is 19.0 Å². The number of rotatable bonds is 2. The molecule has 0 aromatic carbocycles. The van der Waals surface area contributed by atoms with Crippen LogP contribution in [-0.2, 0) is 9.47 Å². The summed E-state index contributed by atoms with van der Waals surface area (Å²) in [6.07, 6.45) is -4.32. The van der Waals surface area contributed by atoms with E-state index in [-0.39, 0.29) is 5.82 Å². The number of hydrogen-bond acceptors (Lipinski definition) is 6. The molecule has 0 bridgehead atoms. The summed E-state index contributed by atoms with van der Waals surface area (Å²) >= 11 is 0. The quantitative estimate of drug-likeness (QED) is 0.695. The van der Waals surface area contributed by atoms with Crippen molar-refractivity contribution in [3.8, 4) is 0 Å². The molecule has 0 spiro atoms. The first-order chi connectivity index (χ1) is 8.04. The van der Waals surface area contributed by atoms with Gasteiger partial charge >= 0.3 is 5.69 Å². The summed E-state index contributed by atoms with van der Waals surface area (Å²) in [5, 5.41) is 9.61. The molecule has 3 N–H and O–H groups in total. The van der Waals surface area contributed by atoms with Crippen molar-refractivity contribution >= 4 is 5.82 Å². The molecule has 1 aromatic heterocycles. The number of nitrogen functional groups attached to an aromatic ring is 1. The summed E-state index contributed by atoms with van der Waals surface area (Å²) in [6, 6.07) is 1.35. The standard InChI is InChI=1S/C9H12FN3O4/c1-16-8-5(10)6(14)7(17-8)13-3-2-4(11)12-9(13)15/h2-3,5-8,14H,1H3,(H2,11,12,15)/t5?,6?,7-,8+/m1/s1. The highest BCUT2D eigenvalue weighted by Gasteiger charge is 2.45. The summed E-state index contributed by atoms with van der Waals surface area (Å²) in [6.45, 7) is 0. The van der Waals surface area contributed by atoms with Gasteiger partial charge in [0.2, 0.25) is 0 Å². The molecule has 8 heteroatoms. The van der Waals surface area contributed by atoms with Gasteiger partial charge in [-0.3, -0.25) is 4.57 Å². The van der Waals surface area contributed by atoms with E-state index in [0.717, 1.165) is 4.57 Å². The van der Waals surface area contributed by atoms with Gasteiger partial charge in [-0.15, -0.1) is 0 Å². The SMILES string of the molecule is CO[C@H]1O[C@@H](n2ccc(N)nc2=O)C(O)C1F. The predicted molar refractivity (Wildman–Crippen MR) is 54.7 cm³/mol. The summed E-state index contributed by atoms with van der Waals surface area (Å²) in [5.74, 6) is 0.0406. The molecule has 4 atom stereocenters. The molecule has 94 valence electrons. The summed E-state index contributed by atoms with van der Waals surface area (Å²) in [4.78, 5) is 15.0. The minimum Gasteiger partial charge on any atom is -0.385 e. The highest BCUT2D eigenvalue weighted by Crippen LogP contribution is 2.30. The third kappa shape index (κ3) is 2.02. The number of aliphatic hydroxyl groups is 1. The van der Waals surface area contributed by atoms with E-state index in [1.165, 1.54) is 19.4 Å². The summed E-state index contributed by atoms with van der Waals surface area (Å²) in [7, 11) is 1.25. The summed E-state index contributed by atoms with van der Waals surface area (Å²) in [5.41, 5.74) is 4.59. The van der Waals surface area contributed by atoms with Crippen LogP contribution in [0.2, 0.25) is 0 Å². The van der Waals surface area contributed by atoms with E-state index in [9.17, 15) is 14.3 Å². The van der Waals surface area contributed by atoms with Gasteiger partial charge in [0.15, 0.2) is 18.7 Å². The molecule has 1 aliphatic rings. The van der Waals surface area contributed by atoms with Crippen molar-refractivity contribution in [2.45, 2.75) is 24.8 Å². The Balaban J connectivity index is 2.32. The fourth-order valence-corrected chi connectivity index (χ4v) is 1.65. The van der Waals surface area contributed by atoms with Crippen molar-refractivity contribution in [2.24, 2.45) is 0 Å². The van der Waals surface area contributed by atoms with Crippen LogP contribution in [0, 0.1) is 0 Å². The largest absolute Gasteiger partial charge is 0.385 e. The maximum absolute atomic E-state index is 13.5. The van der Waals surface area contributed by atoms with E-state index >= 15 is 0 Å². The van der Waals surface area contributed by atoms with Gasteiger partial charge in [-0.05, 0) is 6.07 Å². The van der Waals surface area contributed by atoms with Crippen molar-refractivity contribution in [1.29, 1.82) is 0 Å². The minimum atomic E-state index is -1.73. The fraction of sp³-hybridized carbons (Fsp3) is 0.556. The van der Waals surface area contributed by atoms with Gasteiger partial charge < -0.3 is 20.3 Å². The molecule has 1 saturated heterocycles. The molecule has 2 unspecified atom stereocenters. The summed E-state index contributed by atoms with van der Waals surface area (Å²) < 4.78 is 24.2. The zero-order valence-electron chi connectivity index (χ0n) is 8.99. The molecule has 1 aliphatic heterocycles. The lowest BCUT2D eigenvalue weighted by atomic mass is 10.2. The van der Waals surface area contributed by atoms with Gasteiger partial charge in [-0.2, -0.15) is 4.98 Å². The van der Waals surface area contributed by atoms with Crippen molar-refractivity contribution in [3.63, 3.8) is 0 Å². The van der Waals surface area contributed by atoms with Crippen LogP contribution < -0.4 is 11.4 Å². The zero-order chi connectivity index (χ0) is 12.6. The molecule has 7 nitrogen and oxygen atoms in total. The average molecular weight is 245 g/mol. The number of halogens is 1. The van der Waals surface area contributed by atoms with Gasteiger partial charge in [0.25, 0.3) is 0 Å². The van der Waals surface area contributed by atoms with Gasteiger partial charge in [0.1, 0.15) is 11.9 Å². The normalized spacial score (nSPS) is 32.9. The monoisotopic (exact) mass is 245 g/mol. The zero-order valence-corrected chi connectivity index (χ0v) is 8.99. The molecule has 0 saturated carbocycles. The van der Waals surface area contributed by atoms with Crippen LogP contribution in [0.4, 0.5) is 10.2 Å². The molecular weight excluding hydrogens is 233 g/mol. The smallest absolute Gasteiger partial charge is 0.351 e. The fourth-order valence-electron chi connectivity index (χ4n) is 1.65. The van der Waals surface area contributed by atoms with Gasteiger partial charge in [-0.25, -0.2) is 9.18 Å². The highest BCUT2D eigenvalue weighted by molar-refractivity contribution is 5.23. The van der Waals surface area contributed by atoms with Crippen LogP contribution in [0.5, 0.6) is 0 Å². The van der Waals surface area contributed by atoms with Crippen LogP contribution in [0.3, 0.4) is 0 Å². The van der Waals surface area contributed by atoms with E-state index in [2.05, 4.69) is 4.98 Å². The number of alkyl halides is 1. The lowest BCUT2D eigenvalue weighted by Gasteiger charge is -2.16. The van der Waals surface area contributed by atoms with E-state index in [0.29, 0.717) is 0 Å². The first-order valence-corrected chi connectivity index (χ1v) is 4.89. The third-order valence-electron chi connectivity index (χ3n) is 2.51. The predicted octanol–water partition coefficient (Wildman–Crippen LogP) is -0.974. The van der Waals surface area contributed by atoms with Crippen molar-refractivity contribution in [1.82, 2.24) is 9.55 Å². The number of methoxy groups -OCH3 is 1. The maximum atomic E-state index is 13.5. The Bertz CT molecular complexity index is 466. The molecule has 1 aromatic rings. The van der Waals surface area contributed by atoms with Gasteiger partial charge in [0.05, 0.1) is 0 Å². The Hall–Kier alpha value is -1.51. The van der Waals surface area contributed by atoms with Crippen molar-refractivity contribution in [2.75, 3.05) is 12.8 Å². The van der Waals surface area contributed by atoms with E-state index in [4.69, 9.17) is 15.2 Å². The number of hydrogen-bond donors (Lipinski definition) is 2. The molecule has 0 amide bonds. The lowest BCUT2D eigenvalue weighted by Crippen LogP contribution is -2.34. The van der Waals surface area contributed by atoms with E-state index in [1.54, 1.807) is 0 Å². The van der Waals surface area contributed by atoms with Crippen LogP contribution in [0.25, 0.3) is 0 Å². The topological polar surface area (TPSA) is 99.6 Å². The van der Waals surface area contributed by atoms with E-state index < -0.39 is 30.5 Å². The van der Waals surface area contributed by atoms with Gasteiger partial charge in [-0.1, -0.05) is 0 Å². The maximum Gasteiger partial charge on any atom is 0.351 e. The number of aromatic nitrogens is 2. The van der Waals surface area contributed by atoms with Crippen LogP contribution in [0.1, 0.15) is 6.23 Å². The Morgan fingerprint density at radius 2 is 2.41 bits per heavy atom. The number of ether oxygens (including phenoxy) is 2. The number of nitrogens with zero attached hydrogens (tertiary/aromatic N) is 2. The Kier molecular flexibility index (Phi) is 3.09. The second kappa shape index (κ2) is 4.40.